The van der Waals surface area contributed by atoms with Gasteiger partial charge in [0.05, 0.1) is 4.90 Å². The molecule has 1 aromatic heterocycles. The maximum Gasteiger partial charge on any atom is 0.175 e. The van der Waals surface area contributed by atoms with Crippen molar-refractivity contribution < 1.29 is 8.42 Å². The summed E-state index contributed by atoms with van der Waals surface area (Å²) in [6.45, 7) is 1.25. The standard InChI is InChI=1S/C19H21N3O2S/c1-25(23,24)18-7-5-15(6-8-18)12-19-21-9-10-22(19)14-17-4-2-3-16(11-17)13-20/h2-11H,12-14,20H2,1H3. The van der Waals surface area contributed by atoms with E-state index in [1.54, 1.807) is 18.3 Å². The van der Waals surface area contributed by atoms with E-state index in [9.17, 15) is 8.42 Å². The van der Waals surface area contributed by atoms with Crippen LogP contribution in [0.3, 0.4) is 0 Å². The minimum atomic E-state index is -3.17. The largest absolute Gasteiger partial charge is 0.330 e. The van der Waals surface area contributed by atoms with Crippen molar-refractivity contribution in [3.63, 3.8) is 0 Å². The van der Waals surface area contributed by atoms with Gasteiger partial charge in [0.15, 0.2) is 9.84 Å². The maximum absolute atomic E-state index is 11.5. The van der Waals surface area contributed by atoms with Gasteiger partial charge in [-0.05, 0) is 28.8 Å². The van der Waals surface area contributed by atoms with Crippen molar-refractivity contribution in [3.8, 4) is 0 Å². The molecule has 0 saturated carbocycles. The molecular weight excluding hydrogens is 334 g/mol. The number of hydrogen-bond donors (Lipinski definition) is 1. The Kier molecular flexibility index (Phi) is 5.01. The highest BCUT2D eigenvalue weighted by Crippen LogP contribution is 2.15. The summed E-state index contributed by atoms with van der Waals surface area (Å²) >= 11 is 0. The van der Waals surface area contributed by atoms with Gasteiger partial charge in [0.1, 0.15) is 5.82 Å². The SMILES string of the molecule is CS(=O)(=O)c1ccc(Cc2nccn2Cc2cccc(CN)c2)cc1. The summed E-state index contributed by atoms with van der Waals surface area (Å²) in [5.74, 6) is 0.935. The van der Waals surface area contributed by atoms with Gasteiger partial charge in [-0.1, -0.05) is 36.4 Å². The molecule has 5 nitrogen and oxygen atoms in total. The lowest BCUT2D eigenvalue weighted by molar-refractivity contribution is 0.602. The van der Waals surface area contributed by atoms with Crippen LogP contribution < -0.4 is 5.73 Å². The molecule has 0 fully saturated rings. The molecule has 0 aliphatic rings. The average molecular weight is 355 g/mol. The molecule has 0 spiro atoms. The van der Waals surface area contributed by atoms with Crippen LogP contribution in [-0.4, -0.2) is 24.2 Å². The molecule has 3 rings (SSSR count). The van der Waals surface area contributed by atoms with Gasteiger partial charge in [-0.2, -0.15) is 0 Å². The van der Waals surface area contributed by atoms with Gasteiger partial charge in [0, 0.05) is 38.2 Å². The van der Waals surface area contributed by atoms with Gasteiger partial charge >= 0.3 is 0 Å². The highest BCUT2D eigenvalue weighted by atomic mass is 32.2. The normalized spacial score (nSPS) is 11.6. The van der Waals surface area contributed by atoms with E-state index in [-0.39, 0.29) is 0 Å². The first-order chi connectivity index (χ1) is 12.0. The average Bonchev–Trinajstić information content (AvgIpc) is 3.01. The molecule has 0 amide bonds. The molecule has 0 saturated heterocycles. The molecule has 2 aromatic carbocycles. The summed E-state index contributed by atoms with van der Waals surface area (Å²) in [5.41, 5.74) is 9.01. The van der Waals surface area contributed by atoms with Crippen molar-refractivity contribution in [1.82, 2.24) is 9.55 Å². The number of sulfone groups is 1. The molecule has 0 bridgehead atoms. The molecule has 6 heteroatoms. The lowest BCUT2D eigenvalue weighted by Gasteiger charge is -2.09. The van der Waals surface area contributed by atoms with E-state index < -0.39 is 9.84 Å². The lowest BCUT2D eigenvalue weighted by Crippen LogP contribution is -2.06. The summed E-state index contributed by atoms with van der Waals surface area (Å²) < 4.78 is 25.2. The molecule has 0 aliphatic heterocycles. The molecule has 0 aliphatic carbocycles. The Labute approximate surface area is 148 Å². The van der Waals surface area contributed by atoms with E-state index in [1.807, 2.05) is 30.5 Å². The van der Waals surface area contributed by atoms with E-state index >= 15 is 0 Å². The number of benzene rings is 2. The van der Waals surface area contributed by atoms with E-state index in [0.717, 1.165) is 23.5 Å². The number of imidazole rings is 1. The smallest absolute Gasteiger partial charge is 0.175 e. The molecular formula is C19H21N3O2S. The zero-order chi connectivity index (χ0) is 17.9. The minimum absolute atomic E-state index is 0.332. The maximum atomic E-state index is 11.5. The second-order valence-electron chi connectivity index (χ2n) is 6.09. The Bertz CT molecular complexity index is 960. The topological polar surface area (TPSA) is 78.0 Å². The summed E-state index contributed by atoms with van der Waals surface area (Å²) in [4.78, 5) is 4.77. The van der Waals surface area contributed by atoms with Gasteiger partial charge in [0.2, 0.25) is 0 Å². The zero-order valence-corrected chi connectivity index (χ0v) is 14.9. The van der Waals surface area contributed by atoms with Crippen LogP contribution in [0.5, 0.6) is 0 Å². The molecule has 25 heavy (non-hydrogen) atoms. The predicted octanol–water partition coefficient (Wildman–Crippen LogP) is 2.38. The van der Waals surface area contributed by atoms with Crippen molar-refractivity contribution in [2.24, 2.45) is 5.73 Å². The number of hydrogen-bond acceptors (Lipinski definition) is 4. The van der Waals surface area contributed by atoms with Gasteiger partial charge in [-0.15, -0.1) is 0 Å². The Hall–Kier alpha value is -2.44. The van der Waals surface area contributed by atoms with Crippen molar-refractivity contribution in [2.75, 3.05) is 6.26 Å². The highest BCUT2D eigenvalue weighted by Gasteiger charge is 2.09. The first-order valence-corrected chi connectivity index (χ1v) is 9.92. The summed E-state index contributed by atoms with van der Waals surface area (Å²) in [5, 5.41) is 0. The fourth-order valence-corrected chi connectivity index (χ4v) is 3.37. The second kappa shape index (κ2) is 7.21. The molecule has 1 heterocycles. The lowest BCUT2D eigenvalue weighted by atomic mass is 10.1. The molecule has 0 radical (unpaired) electrons. The number of nitrogens with zero attached hydrogens (tertiary/aromatic N) is 2. The summed E-state index contributed by atoms with van der Waals surface area (Å²) in [6, 6.07) is 15.2. The monoisotopic (exact) mass is 355 g/mol. The molecule has 2 N–H and O–H groups in total. The minimum Gasteiger partial charge on any atom is -0.330 e. The third kappa shape index (κ3) is 4.35. The van der Waals surface area contributed by atoms with Crippen molar-refractivity contribution >= 4 is 9.84 Å². The Morgan fingerprint density at radius 2 is 1.76 bits per heavy atom. The third-order valence-electron chi connectivity index (χ3n) is 4.10. The molecule has 130 valence electrons. The molecule has 0 atom stereocenters. The zero-order valence-electron chi connectivity index (χ0n) is 14.1. The van der Waals surface area contributed by atoms with Crippen LogP contribution in [0.1, 0.15) is 22.5 Å². The van der Waals surface area contributed by atoms with E-state index in [1.165, 1.54) is 11.8 Å². The van der Waals surface area contributed by atoms with Crippen molar-refractivity contribution in [3.05, 3.63) is 83.4 Å². The predicted molar refractivity (Wildman–Crippen MR) is 98.0 cm³/mol. The molecule has 3 aromatic rings. The number of nitrogens with two attached hydrogens (primary N) is 1. The van der Waals surface area contributed by atoms with Gasteiger partial charge in [0.25, 0.3) is 0 Å². The van der Waals surface area contributed by atoms with Crippen molar-refractivity contribution in [1.29, 1.82) is 0 Å². The van der Waals surface area contributed by atoms with Crippen LogP contribution in [0.4, 0.5) is 0 Å². The second-order valence-corrected chi connectivity index (χ2v) is 8.10. The van der Waals surface area contributed by atoms with Gasteiger partial charge in [-0.25, -0.2) is 13.4 Å². The highest BCUT2D eigenvalue weighted by molar-refractivity contribution is 7.90. The molecule has 0 unspecified atom stereocenters. The van der Waals surface area contributed by atoms with Crippen LogP contribution in [-0.2, 0) is 29.3 Å². The Morgan fingerprint density at radius 1 is 1.04 bits per heavy atom. The van der Waals surface area contributed by atoms with E-state index in [4.69, 9.17) is 5.73 Å². The van der Waals surface area contributed by atoms with Crippen LogP contribution >= 0.6 is 0 Å². The Balaban J connectivity index is 1.77. The Morgan fingerprint density at radius 3 is 2.44 bits per heavy atom. The first kappa shape index (κ1) is 17.4. The quantitative estimate of drug-likeness (QED) is 0.736. The van der Waals surface area contributed by atoms with Gasteiger partial charge in [-0.3, -0.25) is 0 Å². The van der Waals surface area contributed by atoms with Gasteiger partial charge < -0.3 is 10.3 Å². The first-order valence-electron chi connectivity index (χ1n) is 8.02. The van der Waals surface area contributed by atoms with Crippen LogP contribution in [0, 0.1) is 0 Å². The van der Waals surface area contributed by atoms with E-state index in [0.29, 0.717) is 17.9 Å². The van der Waals surface area contributed by atoms with Crippen LogP contribution in [0.25, 0.3) is 0 Å². The summed E-state index contributed by atoms with van der Waals surface area (Å²) in [6.07, 6.45) is 5.60. The van der Waals surface area contributed by atoms with Crippen LogP contribution in [0.15, 0.2) is 65.8 Å². The fraction of sp³-hybridized carbons (Fsp3) is 0.211. The van der Waals surface area contributed by atoms with E-state index in [2.05, 4.69) is 21.7 Å². The summed E-state index contributed by atoms with van der Waals surface area (Å²) in [7, 11) is -3.17. The van der Waals surface area contributed by atoms with Crippen molar-refractivity contribution in [2.45, 2.75) is 24.4 Å². The number of rotatable bonds is 6. The number of aromatic nitrogens is 2. The fourth-order valence-electron chi connectivity index (χ4n) is 2.74. The van der Waals surface area contributed by atoms with Crippen LogP contribution in [0.2, 0.25) is 0 Å². The third-order valence-corrected chi connectivity index (χ3v) is 5.22.